The van der Waals surface area contributed by atoms with Crippen molar-refractivity contribution >= 4 is 23.0 Å². The second kappa shape index (κ2) is 8.89. The molecule has 140 valence electrons. The average molecular weight is 375 g/mol. The fraction of sp³-hybridized carbons (Fsp3) is 0.474. The molecule has 0 saturated heterocycles. The maximum absolute atomic E-state index is 5.74. The summed E-state index contributed by atoms with van der Waals surface area (Å²) in [7, 11) is 1.76. The van der Waals surface area contributed by atoms with E-state index in [9.17, 15) is 0 Å². The summed E-state index contributed by atoms with van der Waals surface area (Å²) in [6, 6.07) is 5.85. The summed E-state index contributed by atoms with van der Waals surface area (Å²) in [5, 5.41) is 7.80. The van der Waals surface area contributed by atoms with Crippen LogP contribution in [0.15, 0.2) is 23.2 Å². The number of hydrogen-bond acceptors (Lipinski definition) is 5. The molecule has 0 radical (unpaired) electrons. The minimum Gasteiger partial charge on any atom is -0.490 e. The highest BCUT2D eigenvalue weighted by Gasteiger charge is 2.11. The molecule has 2 heterocycles. The largest absolute Gasteiger partial charge is 0.490 e. The Morgan fingerprint density at radius 2 is 2.08 bits per heavy atom. The van der Waals surface area contributed by atoms with Crippen molar-refractivity contribution in [2.75, 3.05) is 32.1 Å². The Kier molecular flexibility index (Phi) is 6.33. The van der Waals surface area contributed by atoms with E-state index in [1.807, 2.05) is 18.2 Å². The third kappa shape index (κ3) is 4.66. The first-order valence-electron chi connectivity index (χ1n) is 9.02. The molecule has 1 aliphatic heterocycles. The lowest BCUT2D eigenvalue weighted by atomic mass is 10.2. The van der Waals surface area contributed by atoms with Crippen LogP contribution < -0.4 is 20.1 Å². The Morgan fingerprint density at radius 1 is 1.27 bits per heavy atom. The summed E-state index contributed by atoms with van der Waals surface area (Å²) >= 11 is 1.78. The van der Waals surface area contributed by atoms with Gasteiger partial charge in [0, 0.05) is 43.1 Å². The molecule has 0 spiro atoms. The quantitative estimate of drug-likeness (QED) is 0.620. The zero-order chi connectivity index (χ0) is 18.4. The highest BCUT2D eigenvalue weighted by molar-refractivity contribution is 7.11. The monoisotopic (exact) mass is 374 g/mol. The summed E-state index contributed by atoms with van der Waals surface area (Å²) < 4.78 is 11.4. The zero-order valence-corrected chi connectivity index (χ0v) is 16.4. The second-order valence-corrected chi connectivity index (χ2v) is 7.34. The van der Waals surface area contributed by atoms with Crippen molar-refractivity contribution < 1.29 is 9.47 Å². The number of fused-ring (bicyclic) bond motifs is 1. The minimum absolute atomic E-state index is 0.677. The van der Waals surface area contributed by atoms with E-state index in [2.05, 4.69) is 34.5 Å². The topological polar surface area (TPSA) is 67.8 Å². The molecule has 3 rings (SSSR count). The molecule has 0 atom stereocenters. The first-order valence-corrected chi connectivity index (χ1v) is 9.83. The predicted molar refractivity (Wildman–Crippen MR) is 107 cm³/mol. The van der Waals surface area contributed by atoms with E-state index < -0.39 is 0 Å². The lowest BCUT2D eigenvalue weighted by Crippen LogP contribution is -2.32. The Balaban J connectivity index is 1.55. The molecule has 0 bridgehead atoms. The molecule has 7 heteroatoms. The zero-order valence-electron chi connectivity index (χ0n) is 15.6. The molecule has 0 amide bonds. The van der Waals surface area contributed by atoms with Crippen molar-refractivity contribution in [1.82, 2.24) is 10.3 Å². The van der Waals surface area contributed by atoms with Gasteiger partial charge in [-0.2, -0.15) is 0 Å². The normalized spacial score (nSPS) is 14.0. The summed E-state index contributed by atoms with van der Waals surface area (Å²) in [6.45, 7) is 6.43. The third-order valence-electron chi connectivity index (χ3n) is 4.14. The lowest BCUT2D eigenvalue weighted by Gasteiger charge is -2.13. The van der Waals surface area contributed by atoms with Gasteiger partial charge in [0.1, 0.15) is 0 Å². The smallest absolute Gasteiger partial charge is 0.195 e. The molecular weight excluding hydrogens is 348 g/mol. The van der Waals surface area contributed by atoms with Gasteiger partial charge < -0.3 is 20.1 Å². The van der Waals surface area contributed by atoms with Gasteiger partial charge in [0.2, 0.25) is 0 Å². The van der Waals surface area contributed by atoms with E-state index >= 15 is 0 Å². The number of nitrogens with one attached hydrogen (secondary N) is 2. The summed E-state index contributed by atoms with van der Waals surface area (Å²) in [6.07, 6.45) is 2.77. The molecule has 0 fully saturated rings. The number of aliphatic imine (C=N–C) groups is 1. The fourth-order valence-electron chi connectivity index (χ4n) is 2.77. The molecule has 6 nitrogen and oxygen atoms in total. The molecular formula is C19H26N4O2S. The Morgan fingerprint density at radius 3 is 2.81 bits per heavy atom. The average Bonchev–Trinajstić information content (AvgIpc) is 2.86. The molecule has 26 heavy (non-hydrogen) atoms. The van der Waals surface area contributed by atoms with Crippen molar-refractivity contribution in [2.45, 2.75) is 33.1 Å². The highest BCUT2D eigenvalue weighted by atomic mass is 32.1. The van der Waals surface area contributed by atoms with Gasteiger partial charge in [-0.3, -0.25) is 4.99 Å². The number of nitrogens with zero attached hydrogens (tertiary/aromatic N) is 2. The van der Waals surface area contributed by atoms with Crippen LogP contribution in [0.2, 0.25) is 0 Å². The van der Waals surface area contributed by atoms with E-state index in [-0.39, 0.29) is 0 Å². The predicted octanol–water partition coefficient (Wildman–Crippen LogP) is 3.41. The van der Waals surface area contributed by atoms with Gasteiger partial charge in [-0.25, -0.2) is 4.98 Å². The number of thiazole rings is 1. The van der Waals surface area contributed by atoms with Crippen LogP contribution in [0.3, 0.4) is 0 Å². The van der Waals surface area contributed by atoms with Crippen molar-refractivity contribution in [3.63, 3.8) is 0 Å². The molecule has 2 aromatic rings. The Labute approximate surface area is 158 Å². The summed E-state index contributed by atoms with van der Waals surface area (Å²) in [5.74, 6) is 2.29. The van der Waals surface area contributed by atoms with Gasteiger partial charge in [-0.15, -0.1) is 11.3 Å². The van der Waals surface area contributed by atoms with E-state index in [0.29, 0.717) is 13.2 Å². The van der Waals surface area contributed by atoms with Gasteiger partial charge in [-0.1, -0.05) is 6.92 Å². The van der Waals surface area contributed by atoms with E-state index in [4.69, 9.17) is 9.47 Å². The molecule has 0 aliphatic carbocycles. The SMILES string of the molecule is CCc1nc(CCNC(=NC)Nc2ccc3c(c2)OCCCO3)sc1C. The van der Waals surface area contributed by atoms with Crippen molar-refractivity contribution in [2.24, 2.45) is 4.99 Å². The molecule has 1 aromatic carbocycles. The van der Waals surface area contributed by atoms with E-state index in [0.717, 1.165) is 54.0 Å². The molecule has 2 N–H and O–H groups in total. The van der Waals surface area contributed by atoms with Gasteiger partial charge in [0.05, 0.1) is 23.9 Å². The Hall–Kier alpha value is -2.28. The third-order valence-corrected chi connectivity index (χ3v) is 5.21. The van der Waals surface area contributed by atoms with Crippen molar-refractivity contribution in [1.29, 1.82) is 0 Å². The van der Waals surface area contributed by atoms with Crippen LogP contribution in [0.4, 0.5) is 5.69 Å². The van der Waals surface area contributed by atoms with Crippen LogP contribution in [0.5, 0.6) is 11.5 Å². The lowest BCUT2D eigenvalue weighted by molar-refractivity contribution is 0.297. The van der Waals surface area contributed by atoms with Crippen LogP contribution in [0, 0.1) is 6.92 Å². The van der Waals surface area contributed by atoms with E-state index in [1.165, 1.54) is 10.6 Å². The van der Waals surface area contributed by atoms with Gasteiger partial charge in [-0.05, 0) is 25.5 Å². The van der Waals surface area contributed by atoms with Crippen LogP contribution in [0.25, 0.3) is 0 Å². The number of hydrogen-bond donors (Lipinski definition) is 2. The molecule has 0 saturated carbocycles. The fourth-order valence-corrected chi connectivity index (χ4v) is 3.79. The number of aryl methyl sites for hydroxylation is 2. The molecule has 1 aliphatic rings. The molecule has 1 aromatic heterocycles. The number of benzene rings is 1. The maximum atomic E-state index is 5.74. The first-order chi connectivity index (χ1) is 12.7. The molecule has 0 unspecified atom stereocenters. The second-order valence-electron chi connectivity index (χ2n) is 6.05. The van der Waals surface area contributed by atoms with Crippen molar-refractivity contribution in [3.8, 4) is 11.5 Å². The maximum Gasteiger partial charge on any atom is 0.195 e. The highest BCUT2D eigenvalue weighted by Crippen LogP contribution is 2.32. The van der Waals surface area contributed by atoms with Crippen LogP contribution in [-0.4, -0.2) is 37.7 Å². The number of ether oxygens (including phenoxy) is 2. The van der Waals surface area contributed by atoms with Crippen LogP contribution in [-0.2, 0) is 12.8 Å². The van der Waals surface area contributed by atoms with Crippen LogP contribution >= 0.6 is 11.3 Å². The minimum atomic E-state index is 0.677. The standard InChI is InChI=1S/C19H26N4O2S/c1-4-15-13(2)26-18(23-15)8-9-21-19(20-3)22-14-6-7-16-17(12-14)25-11-5-10-24-16/h6-7,12H,4-5,8-11H2,1-3H3,(H2,20,21,22). The summed E-state index contributed by atoms with van der Waals surface area (Å²) in [5.41, 5.74) is 2.13. The number of guanidine groups is 1. The van der Waals surface area contributed by atoms with Crippen molar-refractivity contribution in [3.05, 3.63) is 33.8 Å². The number of anilines is 1. The Bertz CT molecular complexity index is 773. The summed E-state index contributed by atoms with van der Waals surface area (Å²) in [4.78, 5) is 10.3. The van der Waals surface area contributed by atoms with Gasteiger partial charge >= 0.3 is 0 Å². The number of rotatable bonds is 5. The first kappa shape index (κ1) is 18.5. The van der Waals surface area contributed by atoms with Gasteiger partial charge in [0.15, 0.2) is 17.5 Å². The van der Waals surface area contributed by atoms with E-state index in [1.54, 1.807) is 18.4 Å². The van der Waals surface area contributed by atoms with Crippen LogP contribution in [0.1, 0.15) is 28.9 Å². The number of aromatic nitrogens is 1. The van der Waals surface area contributed by atoms with Gasteiger partial charge in [0.25, 0.3) is 0 Å².